The maximum absolute atomic E-state index is 12.4. The highest BCUT2D eigenvalue weighted by Crippen LogP contribution is 2.59. The Bertz CT molecular complexity index is 529. The van der Waals surface area contributed by atoms with Crippen LogP contribution in [0.15, 0.2) is 18.2 Å². The Labute approximate surface area is 107 Å². The van der Waals surface area contributed by atoms with E-state index in [1.807, 2.05) is 18.2 Å². The van der Waals surface area contributed by atoms with Crippen molar-refractivity contribution >= 4 is 17.3 Å². The number of hydrogen-bond donors (Lipinski definition) is 1. The van der Waals surface area contributed by atoms with Crippen LogP contribution in [0.25, 0.3) is 0 Å². The summed E-state index contributed by atoms with van der Waals surface area (Å²) in [6, 6.07) is 6.01. The van der Waals surface area contributed by atoms with Crippen molar-refractivity contribution in [2.75, 3.05) is 10.6 Å². The summed E-state index contributed by atoms with van der Waals surface area (Å²) in [5.74, 6) is 1.07. The first-order valence-corrected chi connectivity index (χ1v) is 6.92. The topological polar surface area (TPSA) is 46.3 Å². The second kappa shape index (κ2) is 3.28. The predicted molar refractivity (Wildman–Crippen MR) is 71.4 cm³/mol. The third-order valence-electron chi connectivity index (χ3n) is 4.75. The minimum Gasteiger partial charge on any atom is -0.399 e. The van der Waals surface area contributed by atoms with Crippen molar-refractivity contribution in [2.24, 2.45) is 5.92 Å². The van der Waals surface area contributed by atoms with E-state index in [0.29, 0.717) is 12.3 Å². The summed E-state index contributed by atoms with van der Waals surface area (Å²) < 4.78 is 0. The molecule has 0 saturated heterocycles. The fourth-order valence-electron chi connectivity index (χ4n) is 3.56. The summed E-state index contributed by atoms with van der Waals surface area (Å²) in [7, 11) is 0. The van der Waals surface area contributed by atoms with Gasteiger partial charge in [-0.25, -0.2) is 0 Å². The lowest BCUT2D eigenvalue weighted by Gasteiger charge is -2.37. The number of rotatable bonds is 2. The van der Waals surface area contributed by atoms with Crippen LogP contribution in [0.2, 0.25) is 0 Å². The van der Waals surface area contributed by atoms with Gasteiger partial charge in [-0.2, -0.15) is 0 Å². The molecule has 2 fully saturated rings. The van der Waals surface area contributed by atoms with Crippen LogP contribution in [0, 0.1) is 5.92 Å². The van der Waals surface area contributed by atoms with Crippen molar-refractivity contribution in [3.63, 3.8) is 0 Å². The number of benzene rings is 1. The molecule has 0 atom stereocenters. The molecule has 18 heavy (non-hydrogen) atoms. The van der Waals surface area contributed by atoms with Gasteiger partial charge < -0.3 is 10.6 Å². The van der Waals surface area contributed by atoms with Crippen LogP contribution in [0.1, 0.15) is 37.7 Å². The van der Waals surface area contributed by atoms with E-state index in [1.54, 1.807) is 0 Å². The number of nitrogen functional groups attached to an aromatic ring is 1. The summed E-state index contributed by atoms with van der Waals surface area (Å²) in [4.78, 5) is 14.5. The highest BCUT2D eigenvalue weighted by Gasteiger charge is 2.60. The number of carbonyl (C=O) groups is 1. The van der Waals surface area contributed by atoms with E-state index < -0.39 is 0 Å². The Morgan fingerprint density at radius 2 is 2.00 bits per heavy atom. The zero-order chi connectivity index (χ0) is 12.3. The molecular formula is C15H18N2O. The molecule has 3 nitrogen and oxygen atoms in total. The zero-order valence-corrected chi connectivity index (χ0v) is 10.5. The normalized spacial score (nSPS) is 24.9. The Balaban J connectivity index is 1.81. The minimum absolute atomic E-state index is 0.183. The molecule has 2 aliphatic carbocycles. The molecular weight excluding hydrogens is 224 g/mol. The van der Waals surface area contributed by atoms with Crippen molar-refractivity contribution in [1.29, 1.82) is 0 Å². The van der Waals surface area contributed by atoms with Gasteiger partial charge in [0.1, 0.15) is 0 Å². The van der Waals surface area contributed by atoms with Crippen molar-refractivity contribution in [2.45, 2.75) is 44.1 Å². The van der Waals surface area contributed by atoms with E-state index in [-0.39, 0.29) is 5.54 Å². The van der Waals surface area contributed by atoms with Gasteiger partial charge in [0.25, 0.3) is 0 Å². The van der Waals surface area contributed by atoms with Crippen LogP contribution < -0.4 is 10.6 Å². The van der Waals surface area contributed by atoms with E-state index in [2.05, 4.69) is 4.90 Å². The largest absolute Gasteiger partial charge is 0.399 e. The Morgan fingerprint density at radius 3 is 2.67 bits per heavy atom. The van der Waals surface area contributed by atoms with Crippen LogP contribution in [0.5, 0.6) is 0 Å². The van der Waals surface area contributed by atoms with Crippen molar-refractivity contribution in [3.8, 4) is 0 Å². The fourth-order valence-corrected chi connectivity index (χ4v) is 3.56. The average molecular weight is 242 g/mol. The molecule has 1 aromatic carbocycles. The molecule has 1 aliphatic heterocycles. The number of nitrogens with two attached hydrogens (primary N) is 1. The van der Waals surface area contributed by atoms with Crippen LogP contribution in [-0.4, -0.2) is 11.4 Å². The SMILES string of the molecule is Nc1ccc2c(c1)CCC(=O)N2C1(C2CC2)CC1. The molecule has 1 amide bonds. The number of amides is 1. The third-order valence-corrected chi connectivity index (χ3v) is 4.75. The molecule has 94 valence electrons. The Hall–Kier alpha value is -1.51. The minimum atomic E-state index is 0.183. The lowest BCUT2D eigenvalue weighted by Crippen LogP contribution is -2.46. The van der Waals surface area contributed by atoms with Crippen molar-refractivity contribution < 1.29 is 4.79 Å². The van der Waals surface area contributed by atoms with E-state index in [0.717, 1.165) is 23.7 Å². The lowest BCUT2D eigenvalue weighted by molar-refractivity contribution is -0.119. The molecule has 1 heterocycles. The number of fused-ring (bicyclic) bond motifs is 1. The molecule has 4 rings (SSSR count). The summed E-state index contributed by atoms with van der Waals surface area (Å²) in [6.45, 7) is 0. The summed E-state index contributed by atoms with van der Waals surface area (Å²) in [5.41, 5.74) is 9.22. The van der Waals surface area contributed by atoms with Crippen LogP contribution in [0.3, 0.4) is 0 Å². The monoisotopic (exact) mass is 242 g/mol. The molecule has 2 saturated carbocycles. The zero-order valence-electron chi connectivity index (χ0n) is 10.5. The summed E-state index contributed by atoms with van der Waals surface area (Å²) in [6.07, 6.45) is 6.46. The van der Waals surface area contributed by atoms with Gasteiger partial charge in [0.15, 0.2) is 0 Å². The Kier molecular flexibility index (Phi) is 1.90. The summed E-state index contributed by atoms with van der Waals surface area (Å²) in [5, 5.41) is 0. The molecule has 0 unspecified atom stereocenters. The molecule has 0 radical (unpaired) electrons. The average Bonchev–Trinajstić information content (AvgIpc) is 3.21. The first kappa shape index (κ1) is 10.4. The highest BCUT2D eigenvalue weighted by atomic mass is 16.2. The number of nitrogens with zero attached hydrogens (tertiary/aromatic N) is 1. The standard InChI is InChI=1S/C15H18N2O/c16-12-4-5-13-10(9-12)1-6-14(18)17(13)15(7-8-15)11-2-3-11/h4-5,9,11H,1-3,6-8,16H2. The van der Waals surface area contributed by atoms with Gasteiger partial charge in [0.05, 0.1) is 5.54 Å². The quantitative estimate of drug-likeness (QED) is 0.810. The molecule has 2 N–H and O–H groups in total. The van der Waals surface area contributed by atoms with Crippen LogP contribution >= 0.6 is 0 Å². The van der Waals surface area contributed by atoms with Gasteiger partial charge in [-0.05, 0) is 61.8 Å². The van der Waals surface area contributed by atoms with Crippen LogP contribution in [-0.2, 0) is 11.2 Å². The third kappa shape index (κ3) is 1.33. The lowest BCUT2D eigenvalue weighted by atomic mass is 9.96. The second-order valence-corrected chi connectivity index (χ2v) is 6.00. The van der Waals surface area contributed by atoms with E-state index in [9.17, 15) is 4.79 Å². The second-order valence-electron chi connectivity index (χ2n) is 6.00. The molecule has 3 heteroatoms. The highest BCUT2D eigenvalue weighted by molar-refractivity contribution is 5.98. The number of carbonyl (C=O) groups excluding carboxylic acids is 1. The van der Waals surface area contributed by atoms with Crippen molar-refractivity contribution in [3.05, 3.63) is 23.8 Å². The Morgan fingerprint density at radius 1 is 1.22 bits per heavy atom. The summed E-state index contributed by atoms with van der Waals surface area (Å²) >= 11 is 0. The maximum atomic E-state index is 12.4. The van der Waals surface area contributed by atoms with Gasteiger partial charge in [-0.1, -0.05) is 0 Å². The fraction of sp³-hybridized carbons (Fsp3) is 0.533. The van der Waals surface area contributed by atoms with E-state index in [4.69, 9.17) is 5.73 Å². The maximum Gasteiger partial charge on any atom is 0.227 e. The molecule has 0 bridgehead atoms. The van der Waals surface area contributed by atoms with Gasteiger partial charge in [-0.3, -0.25) is 4.79 Å². The number of aryl methyl sites for hydroxylation is 1. The predicted octanol–water partition coefficient (Wildman–Crippen LogP) is 2.49. The molecule has 3 aliphatic rings. The molecule has 0 spiro atoms. The van der Waals surface area contributed by atoms with E-state index in [1.165, 1.54) is 31.2 Å². The van der Waals surface area contributed by atoms with E-state index >= 15 is 0 Å². The smallest absolute Gasteiger partial charge is 0.227 e. The van der Waals surface area contributed by atoms with Crippen LogP contribution in [0.4, 0.5) is 11.4 Å². The first-order chi connectivity index (χ1) is 8.71. The van der Waals surface area contributed by atoms with Gasteiger partial charge in [0.2, 0.25) is 5.91 Å². The van der Waals surface area contributed by atoms with Crippen molar-refractivity contribution in [1.82, 2.24) is 0 Å². The number of anilines is 2. The molecule has 0 aromatic heterocycles. The molecule has 1 aromatic rings. The first-order valence-electron chi connectivity index (χ1n) is 6.92. The number of hydrogen-bond acceptors (Lipinski definition) is 2. The van der Waals surface area contributed by atoms with Gasteiger partial charge >= 0.3 is 0 Å². The van der Waals surface area contributed by atoms with Gasteiger partial charge in [-0.15, -0.1) is 0 Å². The van der Waals surface area contributed by atoms with Gasteiger partial charge in [0, 0.05) is 17.8 Å².